The van der Waals surface area contributed by atoms with Crippen LogP contribution in [0.25, 0.3) is 0 Å². The Morgan fingerprint density at radius 2 is 2.10 bits per heavy atom. The summed E-state index contributed by atoms with van der Waals surface area (Å²) < 4.78 is 0. The molecule has 0 aromatic heterocycles. The van der Waals surface area contributed by atoms with Crippen molar-refractivity contribution in [2.24, 2.45) is 0 Å². The average Bonchev–Trinajstić information content (AvgIpc) is 1.87. The van der Waals surface area contributed by atoms with Crippen LogP contribution >= 0.6 is 12.6 Å². The molecule has 0 heterocycles. The van der Waals surface area contributed by atoms with Crippen molar-refractivity contribution >= 4 is 24.4 Å². The number of nitrogens with one attached hydrogen (secondary N) is 1. The van der Waals surface area contributed by atoms with E-state index in [2.05, 4.69) is 24.5 Å². The molecule has 0 atom stereocenters. The lowest BCUT2D eigenvalue weighted by Gasteiger charge is -1.98. The monoisotopic (exact) mass is 159 g/mol. The minimum Gasteiger partial charge on any atom is -0.292 e. The quantitative estimate of drug-likeness (QED) is 0.444. The molecule has 1 N–H and O–H groups in total. The van der Waals surface area contributed by atoms with Gasteiger partial charge in [0, 0.05) is 5.57 Å². The lowest BCUT2D eigenvalue weighted by molar-refractivity contribution is -0.126. The molecule has 0 aromatic carbocycles. The molecule has 0 rings (SSSR count). The van der Waals surface area contributed by atoms with E-state index in [1.807, 2.05) is 0 Å². The standard InChI is InChI=1S/C6H9NO2S/c1-4(2)6(9)7-5(8)3-10/h10H,1,3H2,2H3,(H,7,8,9). The van der Waals surface area contributed by atoms with E-state index >= 15 is 0 Å². The number of carbonyl (C=O) groups is 2. The maximum Gasteiger partial charge on any atom is 0.252 e. The smallest absolute Gasteiger partial charge is 0.252 e. The summed E-state index contributed by atoms with van der Waals surface area (Å²) in [6.45, 7) is 4.88. The number of thiol groups is 1. The summed E-state index contributed by atoms with van der Waals surface area (Å²) in [7, 11) is 0. The Balaban J connectivity index is 3.80. The Morgan fingerprint density at radius 3 is 2.40 bits per heavy atom. The first-order chi connectivity index (χ1) is 4.57. The van der Waals surface area contributed by atoms with E-state index in [4.69, 9.17) is 0 Å². The first kappa shape index (κ1) is 9.23. The zero-order valence-corrected chi connectivity index (χ0v) is 6.57. The van der Waals surface area contributed by atoms with Gasteiger partial charge < -0.3 is 0 Å². The normalized spacial score (nSPS) is 8.60. The highest BCUT2D eigenvalue weighted by molar-refractivity contribution is 7.81. The lowest BCUT2D eigenvalue weighted by Crippen LogP contribution is -2.31. The molecule has 0 bridgehead atoms. The van der Waals surface area contributed by atoms with Crippen LogP contribution in [0.2, 0.25) is 0 Å². The molecule has 0 saturated carbocycles. The maximum atomic E-state index is 10.6. The molecular weight excluding hydrogens is 150 g/mol. The number of amides is 2. The Bertz CT molecular complexity index is 177. The Labute approximate surface area is 64.9 Å². The minimum atomic E-state index is -0.445. The fraction of sp³-hybridized carbons (Fsp3) is 0.333. The van der Waals surface area contributed by atoms with Crippen molar-refractivity contribution in [3.05, 3.63) is 12.2 Å². The maximum absolute atomic E-state index is 10.6. The molecular formula is C6H9NO2S. The molecule has 0 aromatic rings. The van der Waals surface area contributed by atoms with Gasteiger partial charge in [0.05, 0.1) is 5.75 Å². The molecule has 0 spiro atoms. The van der Waals surface area contributed by atoms with Gasteiger partial charge in [0.1, 0.15) is 0 Å². The molecule has 0 aliphatic rings. The van der Waals surface area contributed by atoms with Crippen LogP contribution in [0.1, 0.15) is 6.92 Å². The molecule has 0 unspecified atom stereocenters. The second kappa shape index (κ2) is 4.11. The first-order valence-corrected chi connectivity index (χ1v) is 3.31. The number of carbonyl (C=O) groups excluding carboxylic acids is 2. The van der Waals surface area contributed by atoms with Crippen LogP contribution < -0.4 is 5.32 Å². The second-order valence-electron chi connectivity index (χ2n) is 1.82. The Kier molecular flexibility index (Phi) is 3.79. The van der Waals surface area contributed by atoms with Crippen molar-refractivity contribution in [1.82, 2.24) is 5.32 Å². The van der Waals surface area contributed by atoms with Crippen LogP contribution in [0, 0.1) is 0 Å². The summed E-state index contributed by atoms with van der Waals surface area (Å²) in [5.74, 6) is -0.839. The second-order valence-corrected chi connectivity index (χ2v) is 2.13. The molecule has 2 amide bonds. The highest BCUT2D eigenvalue weighted by Gasteiger charge is 2.04. The molecule has 10 heavy (non-hydrogen) atoms. The van der Waals surface area contributed by atoms with Crippen molar-refractivity contribution in [2.75, 3.05) is 5.75 Å². The van der Waals surface area contributed by atoms with Gasteiger partial charge >= 0.3 is 0 Å². The number of imide groups is 1. The highest BCUT2D eigenvalue weighted by atomic mass is 32.1. The van der Waals surface area contributed by atoms with Gasteiger partial charge in [-0.05, 0) is 6.92 Å². The van der Waals surface area contributed by atoms with Crippen LogP contribution in [0.4, 0.5) is 0 Å². The van der Waals surface area contributed by atoms with Gasteiger partial charge in [-0.2, -0.15) is 12.6 Å². The largest absolute Gasteiger partial charge is 0.292 e. The van der Waals surface area contributed by atoms with E-state index in [1.54, 1.807) is 0 Å². The van der Waals surface area contributed by atoms with Gasteiger partial charge in [-0.25, -0.2) is 0 Å². The van der Waals surface area contributed by atoms with Crippen molar-refractivity contribution < 1.29 is 9.59 Å². The van der Waals surface area contributed by atoms with Crippen molar-refractivity contribution in [2.45, 2.75) is 6.92 Å². The molecule has 0 aliphatic heterocycles. The van der Waals surface area contributed by atoms with Crippen LogP contribution in [0.15, 0.2) is 12.2 Å². The van der Waals surface area contributed by atoms with Crippen molar-refractivity contribution in [3.8, 4) is 0 Å². The van der Waals surface area contributed by atoms with E-state index < -0.39 is 11.8 Å². The summed E-state index contributed by atoms with van der Waals surface area (Å²) in [5, 5.41) is 2.08. The average molecular weight is 159 g/mol. The van der Waals surface area contributed by atoms with E-state index in [0.717, 1.165) is 0 Å². The van der Waals surface area contributed by atoms with Crippen LogP contribution in [0.3, 0.4) is 0 Å². The molecule has 0 aliphatic carbocycles. The zero-order chi connectivity index (χ0) is 8.15. The SMILES string of the molecule is C=C(C)C(=O)NC(=O)CS. The van der Waals surface area contributed by atoms with E-state index in [9.17, 15) is 9.59 Å². The fourth-order valence-corrected chi connectivity index (χ4v) is 0.352. The van der Waals surface area contributed by atoms with E-state index in [0.29, 0.717) is 5.57 Å². The van der Waals surface area contributed by atoms with Crippen LogP contribution in [0.5, 0.6) is 0 Å². The van der Waals surface area contributed by atoms with Gasteiger partial charge in [0.15, 0.2) is 0 Å². The number of rotatable bonds is 2. The summed E-state index contributed by atoms with van der Waals surface area (Å²) in [4.78, 5) is 21.1. The molecule has 0 radical (unpaired) electrons. The van der Waals surface area contributed by atoms with Crippen molar-refractivity contribution in [1.29, 1.82) is 0 Å². The van der Waals surface area contributed by atoms with Crippen LogP contribution in [-0.2, 0) is 9.59 Å². The Hall–Kier alpha value is -0.770. The van der Waals surface area contributed by atoms with Gasteiger partial charge in [-0.1, -0.05) is 6.58 Å². The topological polar surface area (TPSA) is 46.2 Å². The summed E-state index contributed by atoms with van der Waals surface area (Å²) in [6.07, 6.45) is 0. The van der Waals surface area contributed by atoms with Crippen LogP contribution in [-0.4, -0.2) is 17.6 Å². The van der Waals surface area contributed by atoms with Gasteiger partial charge in [-0.15, -0.1) is 0 Å². The number of hydrogen-bond acceptors (Lipinski definition) is 3. The highest BCUT2D eigenvalue weighted by Crippen LogP contribution is 1.85. The van der Waals surface area contributed by atoms with Gasteiger partial charge in [0.2, 0.25) is 5.91 Å². The predicted molar refractivity (Wildman–Crippen MR) is 41.8 cm³/mol. The summed E-state index contributed by atoms with van der Waals surface area (Å²) >= 11 is 3.66. The third-order valence-electron chi connectivity index (χ3n) is 0.784. The third-order valence-corrected chi connectivity index (χ3v) is 1.07. The van der Waals surface area contributed by atoms with Gasteiger partial charge in [-0.3, -0.25) is 14.9 Å². The zero-order valence-electron chi connectivity index (χ0n) is 5.68. The minimum absolute atomic E-state index is 0.0129. The molecule has 0 saturated heterocycles. The number of hydrogen-bond donors (Lipinski definition) is 2. The van der Waals surface area contributed by atoms with E-state index in [1.165, 1.54) is 6.92 Å². The third kappa shape index (κ3) is 3.29. The molecule has 56 valence electrons. The molecule has 3 nitrogen and oxygen atoms in total. The predicted octanol–water partition coefficient (Wildman–Crippen LogP) is 0.135. The first-order valence-electron chi connectivity index (χ1n) is 2.68. The Morgan fingerprint density at radius 1 is 1.60 bits per heavy atom. The summed E-state index contributed by atoms with van der Waals surface area (Å²) in [6, 6.07) is 0. The fourth-order valence-electron chi connectivity index (χ4n) is 0.273. The summed E-state index contributed by atoms with van der Waals surface area (Å²) in [5.41, 5.74) is 0.315. The molecule has 0 fully saturated rings. The van der Waals surface area contributed by atoms with Crippen molar-refractivity contribution in [3.63, 3.8) is 0 Å². The lowest BCUT2D eigenvalue weighted by atomic mass is 10.3. The van der Waals surface area contributed by atoms with E-state index in [-0.39, 0.29) is 5.75 Å². The van der Waals surface area contributed by atoms with Gasteiger partial charge in [0.25, 0.3) is 5.91 Å². The molecule has 4 heteroatoms.